The van der Waals surface area contributed by atoms with Crippen LogP contribution in [0.2, 0.25) is 0 Å². The molecule has 0 saturated heterocycles. The topological polar surface area (TPSA) is 107 Å². The van der Waals surface area contributed by atoms with Crippen molar-refractivity contribution >= 4 is 18.0 Å². The molecule has 0 rings (SSSR count). The number of carbonyl (C=O) groups is 3. The Kier molecular flexibility index (Phi) is 8.82. The van der Waals surface area contributed by atoms with Gasteiger partial charge in [0.25, 0.3) is 0 Å². The Labute approximate surface area is 118 Å². The largest absolute Gasteiger partial charge is 0.481 e. The molecule has 0 aliphatic rings. The Morgan fingerprint density at radius 1 is 1.30 bits per heavy atom. The van der Waals surface area contributed by atoms with Crippen molar-refractivity contribution < 1.29 is 24.6 Å². The maximum absolute atomic E-state index is 11.8. The zero-order valence-corrected chi connectivity index (χ0v) is 11.7. The molecule has 0 aliphatic carbocycles. The standard InChI is InChI=1S/C13H22N2O5/c1-3-4-5-9-15(2)13(20)14-10(12(18)19)7-6-8-11(16)17/h3,10H,1,4-9H2,2H3,(H,14,20)(H,16,17)(H,18,19)/t10-/m1/s1. The summed E-state index contributed by atoms with van der Waals surface area (Å²) < 4.78 is 0. The number of nitrogens with one attached hydrogen (secondary N) is 1. The maximum Gasteiger partial charge on any atom is 0.326 e. The molecular weight excluding hydrogens is 264 g/mol. The van der Waals surface area contributed by atoms with Gasteiger partial charge in [0.2, 0.25) is 0 Å². The van der Waals surface area contributed by atoms with Crippen molar-refractivity contribution in [3.63, 3.8) is 0 Å². The SMILES string of the molecule is C=CCCCN(C)C(=O)N[C@H](CCCC(=O)O)C(=O)O. The fourth-order valence-electron chi connectivity index (χ4n) is 1.55. The molecule has 0 fully saturated rings. The van der Waals surface area contributed by atoms with E-state index in [1.165, 1.54) is 4.90 Å². The first-order valence-corrected chi connectivity index (χ1v) is 6.45. The van der Waals surface area contributed by atoms with Crippen LogP contribution in [0, 0.1) is 0 Å². The van der Waals surface area contributed by atoms with Gasteiger partial charge in [-0.25, -0.2) is 9.59 Å². The molecule has 20 heavy (non-hydrogen) atoms. The second-order valence-electron chi connectivity index (χ2n) is 4.48. The van der Waals surface area contributed by atoms with Crippen LogP contribution in [0.25, 0.3) is 0 Å². The van der Waals surface area contributed by atoms with E-state index in [1.807, 2.05) is 0 Å². The van der Waals surface area contributed by atoms with Crippen LogP contribution in [0.3, 0.4) is 0 Å². The van der Waals surface area contributed by atoms with E-state index in [0.717, 1.165) is 12.8 Å². The van der Waals surface area contributed by atoms with Crippen LogP contribution in [0.15, 0.2) is 12.7 Å². The first-order chi connectivity index (χ1) is 9.38. The van der Waals surface area contributed by atoms with Gasteiger partial charge >= 0.3 is 18.0 Å². The highest BCUT2D eigenvalue weighted by atomic mass is 16.4. The van der Waals surface area contributed by atoms with Gasteiger partial charge in [0.15, 0.2) is 0 Å². The second kappa shape index (κ2) is 9.82. The van der Waals surface area contributed by atoms with E-state index >= 15 is 0 Å². The Bertz CT molecular complexity index is 357. The number of aliphatic carboxylic acids is 2. The van der Waals surface area contributed by atoms with Crippen molar-refractivity contribution in [2.45, 2.75) is 38.1 Å². The third kappa shape index (κ3) is 8.12. The minimum atomic E-state index is -1.16. The normalized spacial score (nSPS) is 11.4. The van der Waals surface area contributed by atoms with Crippen molar-refractivity contribution in [3.05, 3.63) is 12.7 Å². The van der Waals surface area contributed by atoms with E-state index in [-0.39, 0.29) is 19.3 Å². The minimum absolute atomic E-state index is 0.0911. The molecule has 0 saturated carbocycles. The van der Waals surface area contributed by atoms with Crippen LogP contribution < -0.4 is 5.32 Å². The number of nitrogens with zero attached hydrogens (tertiary/aromatic N) is 1. The van der Waals surface area contributed by atoms with Gasteiger partial charge in [-0.05, 0) is 25.7 Å². The third-order valence-corrected chi connectivity index (χ3v) is 2.73. The van der Waals surface area contributed by atoms with E-state index < -0.39 is 24.0 Å². The van der Waals surface area contributed by atoms with E-state index in [4.69, 9.17) is 10.2 Å². The number of amides is 2. The molecule has 7 nitrogen and oxygen atoms in total. The fourth-order valence-corrected chi connectivity index (χ4v) is 1.55. The summed E-state index contributed by atoms with van der Waals surface area (Å²) in [5.41, 5.74) is 0. The summed E-state index contributed by atoms with van der Waals surface area (Å²) in [5.74, 6) is -2.15. The Hall–Kier alpha value is -2.05. The second-order valence-corrected chi connectivity index (χ2v) is 4.48. The van der Waals surface area contributed by atoms with Crippen LogP contribution in [0.4, 0.5) is 4.79 Å². The summed E-state index contributed by atoms with van der Waals surface area (Å²) in [7, 11) is 1.58. The van der Waals surface area contributed by atoms with Gasteiger partial charge < -0.3 is 20.4 Å². The highest BCUT2D eigenvalue weighted by Gasteiger charge is 2.21. The predicted octanol–water partition coefficient (Wildman–Crippen LogP) is 1.30. The van der Waals surface area contributed by atoms with Gasteiger partial charge in [-0.1, -0.05) is 6.08 Å². The molecule has 0 spiro atoms. The number of allylic oxidation sites excluding steroid dienone is 1. The first kappa shape index (κ1) is 17.9. The Morgan fingerprint density at radius 3 is 2.45 bits per heavy atom. The molecule has 0 radical (unpaired) electrons. The lowest BCUT2D eigenvalue weighted by Crippen LogP contribution is -2.46. The minimum Gasteiger partial charge on any atom is -0.481 e. The molecule has 0 heterocycles. The smallest absolute Gasteiger partial charge is 0.326 e. The van der Waals surface area contributed by atoms with E-state index in [1.54, 1.807) is 13.1 Å². The lowest BCUT2D eigenvalue weighted by molar-refractivity contribution is -0.140. The number of urea groups is 1. The fraction of sp³-hybridized carbons (Fsp3) is 0.615. The molecule has 0 aromatic heterocycles. The molecular formula is C13H22N2O5. The van der Waals surface area contributed by atoms with Crippen molar-refractivity contribution in [2.75, 3.05) is 13.6 Å². The number of carbonyl (C=O) groups excluding carboxylic acids is 1. The van der Waals surface area contributed by atoms with Crippen LogP contribution in [-0.4, -0.2) is 52.7 Å². The summed E-state index contributed by atoms with van der Waals surface area (Å²) in [5, 5.41) is 19.9. The van der Waals surface area contributed by atoms with Gasteiger partial charge in [-0.15, -0.1) is 6.58 Å². The quantitative estimate of drug-likeness (QED) is 0.414. The molecule has 0 aliphatic heterocycles. The summed E-state index contributed by atoms with van der Waals surface area (Å²) in [6, 6.07) is -1.54. The Morgan fingerprint density at radius 2 is 1.95 bits per heavy atom. The average Bonchev–Trinajstić information content (AvgIpc) is 2.36. The van der Waals surface area contributed by atoms with Crippen LogP contribution >= 0.6 is 0 Å². The zero-order valence-electron chi connectivity index (χ0n) is 11.7. The van der Waals surface area contributed by atoms with Gasteiger partial charge in [0.05, 0.1) is 0 Å². The highest BCUT2D eigenvalue weighted by molar-refractivity contribution is 5.82. The summed E-state index contributed by atoms with van der Waals surface area (Å²) in [6.45, 7) is 4.08. The zero-order chi connectivity index (χ0) is 15.5. The predicted molar refractivity (Wildman–Crippen MR) is 73.5 cm³/mol. The van der Waals surface area contributed by atoms with E-state index in [0.29, 0.717) is 6.54 Å². The summed E-state index contributed by atoms with van der Waals surface area (Å²) in [4.78, 5) is 34.5. The lowest BCUT2D eigenvalue weighted by Gasteiger charge is -2.21. The van der Waals surface area contributed by atoms with Gasteiger partial charge in [-0.2, -0.15) is 0 Å². The van der Waals surface area contributed by atoms with Crippen LogP contribution in [0.5, 0.6) is 0 Å². The van der Waals surface area contributed by atoms with E-state index in [9.17, 15) is 14.4 Å². The number of hydrogen-bond acceptors (Lipinski definition) is 3. The Balaban J connectivity index is 4.21. The van der Waals surface area contributed by atoms with Crippen molar-refractivity contribution in [1.29, 1.82) is 0 Å². The molecule has 0 bridgehead atoms. The number of carboxylic acid groups (broad SMARTS) is 2. The van der Waals surface area contributed by atoms with Gasteiger partial charge in [0.1, 0.15) is 6.04 Å². The maximum atomic E-state index is 11.8. The van der Waals surface area contributed by atoms with Gasteiger partial charge in [-0.3, -0.25) is 4.79 Å². The molecule has 7 heteroatoms. The molecule has 3 N–H and O–H groups in total. The summed E-state index contributed by atoms with van der Waals surface area (Å²) in [6.07, 6.45) is 3.45. The van der Waals surface area contributed by atoms with Crippen LogP contribution in [-0.2, 0) is 9.59 Å². The molecule has 114 valence electrons. The van der Waals surface area contributed by atoms with Crippen molar-refractivity contribution in [2.24, 2.45) is 0 Å². The molecule has 0 aromatic carbocycles. The lowest BCUT2D eigenvalue weighted by atomic mass is 10.1. The monoisotopic (exact) mass is 286 g/mol. The van der Waals surface area contributed by atoms with Gasteiger partial charge in [0, 0.05) is 20.0 Å². The number of rotatable bonds is 10. The highest BCUT2D eigenvalue weighted by Crippen LogP contribution is 2.03. The first-order valence-electron chi connectivity index (χ1n) is 6.45. The molecule has 1 atom stereocenters. The van der Waals surface area contributed by atoms with Crippen LogP contribution in [0.1, 0.15) is 32.1 Å². The molecule has 0 aromatic rings. The number of carboxylic acids is 2. The summed E-state index contributed by atoms with van der Waals surface area (Å²) >= 11 is 0. The third-order valence-electron chi connectivity index (χ3n) is 2.73. The number of unbranched alkanes of at least 4 members (excludes halogenated alkanes) is 1. The molecule has 0 unspecified atom stereocenters. The van der Waals surface area contributed by atoms with E-state index in [2.05, 4.69) is 11.9 Å². The van der Waals surface area contributed by atoms with Crippen molar-refractivity contribution in [1.82, 2.24) is 10.2 Å². The molecule has 2 amide bonds. The number of hydrogen-bond donors (Lipinski definition) is 3. The average molecular weight is 286 g/mol. The van der Waals surface area contributed by atoms with Crippen molar-refractivity contribution in [3.8, 4) is 0 Å².